The standard InChI is InChI=1S/C33H31N3O5.O2S/c1-22-3-9-27(10-4-22)40-29-15-17-36(18-16-29)33(39)30-13-8-26(21-34-30)31(38)19-24-5-14-32(35-20-24)41-28-11-6-25(7-12-28)23(2)37;1-3-2/h3-14,20-21,29H,15-19H2,1-2H3;. The van der Waals surface area contributed by atoms with Gasteiger partial charge in [-0.05, 0) is 67.9 Å². The number of ether oxygens (including phenoxy) is 2. The first-order chi connectivity index (χ1) is 21.2. The van der Waals surface area contributed by atoms with Crippen molar-refractivity contribution in [3.63, 3.8) is 0 Å². The molecule has 1 aliphatic heterocycles. The number of aryl methyl sites for hydroxylation is 1. The minimum Gasteiger partial charge on any atom is -0.490 e. The molecule has 1 saturated heterocycles. The van der Waals surface area contributed by atoms with Crippen molar-refractivity contribution in [2.24, 2.45) is 0 Å². The van der Waals surface area contributed by atoms with Crippen molar-refractivity contribution in [3.05, 3.63) is 113 Å². The molecule has 2 aromatic carbocycles. The molecular formula is C33H31N3O7S. The summed E-state index contributed by atoms with van der Waals surface area (Å²) >= 11 is -0.750. The Morgan fingerprint density at radius 1 is 0.818 bits per heavy atom. The van der Waals surface area contributed by atoms with Crippen LogP contribution < -0.4 is 9.47 Å². The van der Waals surface area contributed by atoms with Crippen molar-refractivity contribution in [1.82, 2.24) is 14.9 Å². The van der Waals surface area contributed by atoms with Gasteiger partial charge in [0.1, 0.15) is 23.3 Å². The molecule has 2 aromatic heterocycles. The van der Waals surface area contributed by atoms with Crippen LogP contribution in [-0.4, -0.2) is 60.0 Å². The number of carbonyl (C=O) groups excluding carboxylic acids is 3. The van der Waals surface area contributed by atoms with Gasteiger partial charge in [0.25, 0.3) is 5.91 Å². The minimum atomic E-state index is -0.750. The quantitative estimate of drug-likeness (QED) is 0.233. The van der Waals surface area contributed by atoms with Crippen molar-refractivity contribution >= 4 is 29.0 Å². The Kier molecular flexibility index (Phi) is 11.2. The molecular weight excluding hydrogens is 582 g/mol. The summed E-state index contributed by atoms with van der Waals surface area (Å²) in [5, 5.41) is 0. The number of aromatic nitrogens is 2. The van der Waals surface area contributed by atoms with Crippen molar-refractivity contribution < 1.29 is 32.3 Å². The van der Waals surface area contributed by atoms with E-state index >= 15 is 0 Å². The normalized spacial score (nSPS) is 12.8. The fraction of sp³-hybridized carbons (Fsp3) is 0.242. The van der Waals surface area contributed by atoms with Gasteiger partial charge >= 0.3 is 11.6 Å². The molecule has 10 nitrogen and oxygen atoms in total. The molecule has 226 valence electrons. The number of rotatable bonds is 9. The van der Waals surface area contributed by atoms with Crippen molar-refractivity contribution in [2.75, 3.05) is 13.1 Å². The molecule has 1 fully saturated rings. The summed E-state index contributed by atoms with van der Waals surface area (Å²) in [6, 6.07) is 21.5. The Morgan fingerprint density at radius 2 is 1.45 bits per heavy atom. The second-order valence-electron chi connectivity index (χ2n) is 10.2. The molecule has 5 rings (SSSR count). The van der Waals surface area contributed by atoms with E-state index in [4.69, 9.17) is 17.9 Å². The minimum absolute atomic E-state index is 0.0134. The smallest absolute Gasteiger partial charge is 0.335 e. The average molecular weight is 614 g/mol. The summed E-state index contributed by atoms with van der Waals surface area (Å²) in [7, 11) is 0. The Labute approximate surface area is 258 Å². The molecule has 0 aliphatic carbocycles. The molecule has 0 unspecified atom stereocenters. The number of likely N-dealkylation sites (tertiary alicyclic amines) is 1. The molecule has 0 spiro atoms. The monoisotopic (exact) mass is 613 g/mol. The predicted octanol–water partition coefficient (Wildman–Crippen LogP) is 5.22. The highest BCUT2D eigenvalue weighted by Crippen LogP contribution is 2.22. The Morgan fingerprint density at radius 3 is 2.02 bits per heavy atom. The van der Waals surface area contributed by atoms with Crippen LogP contribution >= 0.6 is 0 Å². The number of Topliss-reactive ketones (excluding diaryl/α,β-unsaturated/α-hetero) is 2. The molecule has 1 amide bonds. The van der Waals surface area contributed by atoms with Crippen molar-refractivity contribution in [3.8, 4) is 17.4 Å². The van der Waals surface area contributed by atoms with Gasteiger partial charge in [-0.2, -0.15) is 8.42 Å². The lowest BCUT2D eigenvalue weighted by molar-refractivity contribution is 0.0589. The summed E-state index contributed by atoms with van der Waals surface area (Å²) in [4.78, 5) is 47.6. The molecule has 1 aliphatic rings. The number of ketones is 2. The number of hydrogen-bond acceptors (Lipinski definition) is 9. The van der Waals surface area contributed by atoms with Crippen LogP contribution in [0.1, 0.15) is 62.1 Å². The third-order valence-electron chi connectivity index (χ3n) is 7.00. The van der Waals surface area contributed by atoms with Gasteiger partial charge in [-0.1, -0.05) is 23.8 Å². The van der Waals surface area contributed by atoms with E-state index in [1.165, 1.54) is 18.7 Å². The molecule has 3 heterocycles. The van der Waals surface area contributed by atoms with E-state index in [-0.39, 0.29) is 30.0 Å². The van der Waals surface area contributed by atoms with Gasteiger partial charge in [-0.25, -0.2) is 4.98 Å². The molecule has 4 aromatic rings. The van der Waals surface area contributed by atoms with Gasteiger partial charge in [0.15, 0.2) is 11.6 Å². The SMILES string of the molecule is CC(=O)c1ccc(Oc2ccc(CC(=O)c3ccc(C(=O)N4CCC(Oc5ccc(C)cc5)CC4)nc3)cn2)cc1.O=S=O. The third kappa shape index (κ3) is 8.98. The second-order valence-corrected chi connectivity index (χ2v) is 10.3. The molecule has 0 N–H and O–H groups in total. The first-order valence-corrected chi connectivity index (χ1v) is 14.6. The van der Waals surface area contributed by atoms with Gasteiger partial charge in [0.05, 0.1) is 0 Å². The van der Waals surface area contributed by atoms with Crippen LogP contribution in [0.4, 0.5) is 0 Å². The fourth-order valence-electron chi connectivity index (χ4n) is 4.58. The highest BCUT2D eigenvalue weighted by atomic mass is 32.1. The number of benzene rings is 2. The number of amides is 1. The van der Waals surface area contributed by atoms with Crippen molar-refractivity contribution in [2.45, 2.75) is 39.2 Å². The van der Waals surface area contributed by atoms with E-state index in [0.717, 1.165) is 24.2 Å². The molecule has 0 radical (unpaired) electrons. The second kappa shape index (κ2) is 15.4. The lowest BCUT2D eigenvalue weighted by Crippen LogP contribution is -2.42. The zero-order valence-electron chi connectivity index (χ0n) is 24.3. The van der Waals surface area contributed by atoms with E-state index in [9.17, 15) is 14.4 Å². The van der Waals surface area contributed by atoms with Crippen LogP contribution in [0, 0.1) is 6.92 Å². The van der Waals surface area contributed by atoms with Gasteiger partial charge in [-0.15, -0.1) is 0 Å². The maximum atomic E-state index is 13.0. The molecule has 0 atom stereocenters. The number of nitrogens with zero attached hydrogens (tertiary/aromatic N) is 3. The first kappa shape index (κ1) is 31.9. The first-order valence-electron chi connectivity index (χ1n) is 13.9. The van der Waals surface area contributed by atoms with E-state index in [1.54, 1.807) is 59.6 Å². The lowest BCUT2D eigenvalue weighted by atomic mass is 10.0. The van der Waals surface area contributed by atoms with E-state index in [1.807, 2.05) is 31.2 Å². The zero-order valence-corrected chi connectivity index (χ0v) is 25.1. The summed E-state index contributed by atoms with van der Waals surface area (Å²) in [6.45, 7) is 4.73. The van der Waals surface area contributed by atoms with Crippen LogP contribution in [0.15, 0.2) is 85.2 Å². The summed E-state index contributed by atoms with van der Waals surface area (Å²) in [5.41, 5.74) is 3.27. The topological polar surface area (TPSA) is 133 Å². The largest absolute Gasteiger partial charge is 0.490 e. The number of pyridine rings is 2. The summed E-state index contributed by atoms with van der Waals surface area (Å²) < 4.78 is 28.4. The van der Waals surface area contributed by atoms with Crippen LogP contribution in [-0.2, 0) is 18.0 Å². The fourth-order valence-corrected chi connectivity index (χ4v) is 4.58. The highest BCUT2D eigenvalue weighted by Gasteiger charge is 2.25. The molecule has 44 heavy (non-hydrogen) atoms. The van der Waals surface area contributed by atoms with Crippen LogP contribution in [0.25, 0.3) is 0 Å². The number of piperidine rings is 1. The van der Waals surface area contributed by atoms with Crippen LogP contribution in [0.3, 0.4) is 0 Å². The Bertz CT molecular complexity index is 1610. The predicted molar refractivity (Wildman–Crippen MR) is 163 cm³/mol. The number of carbonyl (C=O) groups is 3. The molecule has 0 saturated carbocycles. The lowest BCUT2D eigenvalue weighted by Gasteiger charge is -2.32. The Hall–Kier alpha value is -5.03. The highest BCUT2D eigenvalue weighted by molar-refractivity contribution is 7.51. The number of hydrogen-bond donors (Lipinski definition) is 0. The van der Waals surface area contributed by atoms with E-state index < -0.39 is 11.6 Å². The van der Waals surface area contributed by atoms with Gasteiger partial charge in [0.2, 0.25) is 5.88 Å². The average Bonchev–Trinajstić information content (AvgIpc) is 3.04. The zero-order chi connectivity index (χ0) is 31.5. The van der Waals surface area contributed by atoms with Gasteiger partial charge in [-0.3, -0.25) is 19.4 Å². The van der Waals surface area contributed by atoms with Gasteiger partial charge < -0.3 is 14.4 Å². The molecule has 11 heteroatoms. The van der Waals surface area contributed by atoms with Crippen LogP contribution in [0.5, 0.6) is 17.4 Å². The summed E-state index contributed by atoms with van der Waals surface area (Å²) in [5.74, 6) is 1.51. The third-order valence-corrected chi connectivity index (χ3v) is 7.00. The maximum Gasteiger partial charge on any atom is 0.335 e. The van der Waals surface area contributed by atoms with E-state index in [2.05, 4.69) is 9.97 Å². The summed E-state index contributed by atoms with van der Waals surface area (Å²) in [6.07, 6.45) is 4.77. The Balaban J connectivity index is 0.00000141. The maximum absolute atomic E-state index is 13.0. The van der Waals surface area contributed by atoms with Crippen LogP contribution in [0.2, 0.25) is 0 Å². The molecule has 0 bridgehead atoms. The van der Waals surface area contributed by atoms with Crippen molar-refractivity contribution in [1.29, 1.82) is 0 Å². The van der Waals surface area contributed by atoms with Gasteiger partial charge in [0, 0.05) is 61.9 Å². The van der Waals surface area contributed by atoms with E-state index in [0.29, 0.717) is 41.5 Å².